The molecule has 2 aromatic carbocycles. The molecular formula is C23H28O6. The van der Waals surface area contributed by atoms with Gasteiger partial charge >= 0.3 is 5.97 Å². The van der Waals surface area contributed by atoms with E-state index >= 15 is 0 Å². The fourth-order valence-corrected chi connectivity index (χ4v) is 2.98. The lowest BCUT2D eigenvalue weighted by Crippen LogP contribution is -2.24. The number of esters is 1. The van der Waals surface area contributed by atoms with Crippen LogP contribution in [0.3, 0.4) is 0 Å². The first-order valence-corrected chi connectivity index (χ1v) is 9.55. The smallest absolute Gasteiger partial charge is 0.306 e. The molecule has 0 fully saturated rings. The number of ketones is 1. The maximum Gasteiger partial charge on any atom is 0.306 e. The van der Waals surface area contributed by atoms with Crippen molar-refractivity contribution in [3.05, 3.63) is 53.1 Å². The molecule has 0 unspecified atom stereocenters. The predicted octanol–water partition coefficient (Wildman–Crippen LogP) is 4.02. The molecule has 1 atom stereocenters. The van der Waals surface area contributed by atoms with Gasteiger partial charge in [0.25, 0.3) is 0 Å². The van der Waals surface area contributed by atoms with Gasteiger partial charge < -0.3 is 18.9 Å². The molecule has 2 rings (SSSR count). The number of hydrogen-bond acceptors (Lipinski definition) is 6. The van der Waals surface area contributed by atoms with Crippen molar-refractivity contribution in [2.24, 2.45) is 0 Å². The first-order chi connectivity index (χ1) is 13.9. The Kier molecular flexibility index (Phi) is 8.07. The topological polar surface area (TPSA) is 71.1 Å². The molecule has 29 heavy (non-hydrogen) atoms. The highest BCUT2D eigenvalue weighted by Crippen LogP contribution is 2.38. The van der Waals surface area contributed by atoms with Gasteiger partial charge in [0.2, 0.25) is 11.5 Å². The standard InChI is InChI=1S/C23H28O6/c1-6-16-7-10-18(11-8-16)22(25)15(2)29-21(24)12-9-17-13-19(26-3)23(28-5)20(14-17)27-4/h7-8,10-11,13-15H,6,9,12H2,1-5H3/t15-/m1/s1. The van der Waals surface area contributed by atoms with Gasteiger partial charge in [-0.3, -0.25) is 9.59 Å². The maximum atomic E-state index is 12.5. The number of methoxy groups -OCH3 is 3. The van der Waals surface area contributed by atoms with E-state index in [4.69, 9.17) is 18.9 Å². The Morgan fingerprint density at radius 2 is 1.48 bits per heavy atom. The molecule has 0 spiro atoms. The molecule has 0 aliphatic heterocycles. The number of ether oxygens (including phenoxy) is 4. The minimum Gasteiger partial charge on any atom is -0.493 e. The van der Waals surface area contributed by atoms with E-state index in [0.717, 1.165) is 17.5 Å². The monoisotopic (exact) mass is 400 g/mol. The third-order valence-corrected chi connectivity index (χ3v) is 4.67. The second-order valence-electron chi connectivity index (χ2n) is 6.58. The van der Waals surface area contributed by atoms with E-state index < -0.39 is 12.1 Å². The van der Waals surface area contributed by atoms with E-state index in [2.05, 4.69) is 6.92 Å². The van der Waals surface area contributed by atoms with Gasteiger partial charge in [0.05, 0.1) is 21.3 Å². The third-order valence-electron chi connectivity index (χ3n) is 4.67. The Morgan fingerprint density at radius 3 is 1.97 bits per heavy atom. The zero-order valence-corrected chi connectivity index (χ0v) is 17.6. The van der Waals surface area contributed by atoms with Crippen molar-refractivity contribution in [1.29, 1.82) is 0 Å². The second-order valence-corrected chi connectivity index (χ2v) is 6.58. The van der Waals surface area contributed by atoms with E-state index in [1.807, 2.05) is 12.1 Å². The van der Waals surface area contributed by atoms with Gasteiger partial charge in [0, 0.05) is 12.0 Å². The zero-order chi connectivity index (χ0) is 21.4. The van der Waals surface area contributed by atoms with Gasteiger partial charge in [-0.1, -0.05) is 31.2 Å². The molecule has 0 amide bonds. The van der Waals surface area contributed by atoms with Crippen LogP contribution >= 0.6 is 0 Å². The summed E-state index contributed by atoms with van der Waals surface area (Å²) in [4.78, 5) is 24.7. The Morgan fingerprint density at radius 1 is 0.897 bits per heavy atom. The van der Waals surface area contributed by atoms with E-state index in [1.54, 1.807) is 31.2 Å². The van der Waals surface area contributed by atoms with Gasteiger partial charge in [0.1, 0.15) is 0 Å². The number of rotatable bonds is 10. The molecule has 0 saturated heterocycles. The average molecular weight is 400 g/mol. The molecule has 0 heterocycles. The summed E-state index contributed by atoms with van der Waals surface area (Å²) >= 11 is 0. The van der Waals surface area contributed by atoms with Crippen molar-refractivity contribution in [2.45, 2.75) is 39.2 Å². The van der Waals surface area contributed by atoms with Crippen LogP contribution in [0.1, 0.15) is 41.8 Å². The van der Waals surface area contributed by atoms with Crippen molar-refractivity contribution >= 4 is 11.8 Å². The van der Waals surface area contributed by atoms with Crippen molar-refractivity contribution in [3.63, 3.8) is 0 Å². The van der Waals surface area contributed by atoms with Crippen LogP contribution in [0, 0.1) is 0 Å². The summed E-state index contributed by atoms with van der Waals surface area (Å²) in [5.41, 5.74) is 2.52. The molecule has 0 bridgehead atoms. The number of Topliss-reactive ketones (excluding diaryl/α,β-unsaturated/α-hetero) is 1. The molecular weight excluding hydrogens is 372 g/mol. The fraction of sp³-hybridized carbons (Fsp3) is 0.391. The lowest BCUT2D eigenvalue weighted by molar-refractivity contribution is -0.146. The highest BCUT2D eigenvalue weighted by Gasteiger charge is 2.20. The number of benzene rings is 2. The first kappa shape index (κ1) is 22.3. The second kappa shape index (κ2) is 10.5. The van der Waals surface area contributed by atoms with Crippen LogP contribution in [0.25, 0.3) is 0 Å². The van der Waals surface area contributed by atoms with E-state index in [-0.39, 0.29) is 12.2 Å². The van der Waals surface area contributed by atoms with Crippen LogP contribution in [0.2, 0.25) is 0 Å². The summed E-state index contributed by atoms with van der Waals surface area (Å²) in [6.07, 6.45) is 0.613. The van der Waals surface area contributed by atoms with Crippen molar-refractivity contribution in [3.8, 4) is 17.2 Å². The molecule has 0 aliphatic rings. The molecule has 0 aromatic heterocycles. The van der Waals surface area contributed by atoms with Gasteiger partial charge in [-0.2, -0.15) is 0 Å². The summed E-state index contributed by atoms with van der Waals surface area (Å²) in [5.74, 6) is 0.886. The highest BCUT2D eigenvalue weighted by molar-refractivity contribution is 6.00. The van der Waals surface area contributed by atoms with Crippen LogP contribution in [0.5, 0.6) is 17.2 Å². The molecule has 156 valence electrons. The van der Waals surface area contributed by atoms with E-state index in [0.29, 0.717) is 29.2 Å². The van der Waals surface area contributed by atoms with Crippen molar-refractivity contribution in [2.75, 3.05) is 21.3 Å². The van der Waals surface area contributed by atoms with Crippen LogP contribution in [-0.4, -0.2) is 39.2 Å². The quantitative estimate of drug-likeness (QED) is 0.443. The van der Waals surface area contributed by atoms with Crippen molar-refractivity contribution in [1.82, 2.24) is 0 Å². The van der Waals surface area contributed by atoms with E-state index in [1.165, 1.54) is 21.3 Å². The first-order valence-electron chi connectivity index (χ1n) is 9.55. The van der Waals surface area contributed by atoms with Gasteiger partial charge in [0.15, 0.2) is 17.6 Å². The number of carbonyl (C=O) groups is 2. The molecule has 0 N–H and O–H groups in total. The maximum absolute atomic E-state index is 12.5. The van der Waals surface area contributed by atoms with Gasteiger partial charge in [-0.05, 0) is 43.0 Å². The molecule has 0 aliphatic carbocycles. The SMILES string of the molecule is CCc1ccc(C(=O)[C@@H](C)OC(=O)CCc2cc(OC)c(OC)c(OC)c2)cc1. The summed E-state index contributed by atoms with van der Waals surface area (Å²) in [7, 11) is 4.61. The fourth-order valence-electron chi connectivity index (χ4n) is 2.98. The Labute approximate surface area is 171 Å². The van der Waals surface area contributed by atoms with Gasteiger partial charge in [-0.25, -0.2) is 0 Å². The lowest BCUT2D eigenvalue weighted by atomic mass is 10.0. The lowest BCUT2D eigenvalue weighted by Gasteiger charge is -2.15. The normalized spacial score (nSPS) is 11.5. The molecule has 6 nitrogen and oxygen atoms in total. The van der Waals surface area contributed by atoms with Crippen LogP contribution < -0.4 is 14.2 Å². The van der Waals surface area contributed by atoms with Gasteiger partial charge in [-0.15, -0.1) is 0 Å². The highest BCUT2D eigenvalue weighted by atomic mass is 16.5. The number of hydrogen-bond donors (Lipinski definition) is 0. The molecule has 6 heteroatoms. The minimum atomic E-state index is -0.838. The largest absolute Gasteiger partial charge is 0.493 e. The summed E-state index contributed by atoms with van der Waals surface area (Å²) in [6, 6.07) is 10.9. The van der Waals surface area contributed by atoms with Crippen LogP contribution in [-0.2, 0) is 22.4 Å². The summed E-state index contributed by atoms with van der Waals surface area (Å²) in [5, 5.41) is 0. The molecule has 0 saturated carbocycles. The minimum absolute atomic E-state index is 0.130. The summed E-state index contributed by atoms with van der Waals surface area (Å²) in [6.45, 7) is 3.64. The number of carbonyl (C=O) groups excluding carboxylic acids is 2. The zero-order valence-electron chi connectivity index (χ0n) is 17.6. The summed E-state index contributed by atoms with van der Waals surface area (Å²) < 4.78 is 21.3. The number of aryl methyl sites for hydroxylation is 2. The Hall–Kier alpha value is -3.02. The predicted molar refractivity (Wildman–Crippen MR) is 110 cm³/mol. The average Bonchev–Trinajstić information content (AvgIpc) is 2.76. The van der Waals surface area contributed by atoms with Crippen LogP contribution in [0.15, 0.2) is 36.4 Å². The Bertz CT molecular complexity index is 816. The molecule has 0 radical (unpaired) electrons. The van der Waals surface area contributed by atoms with Crippen molar-refractivity contribution < 1.29 is 28.5 Å². The molecule has 2 aromatic rings. The van der Waals surface area contributed by atoms with E-state index in [9.17, 15) is 9.59 Å². The third kappa shape index (κ3) is 5.73. The van der Waals surface area contributed by atoms with Crippen LogP contribution in [0.4, 0.5) is 0 Å². The Balaban J connectivity index is 1.97.